The third-order valence-electron chi connectivity index (χ3n) is 4.30. The third kappa shape index (κ3) is 3.63. The average Bonchev–Trinajstić information content (AvgIpc) is 3.35. The fraction of sp³-hybridized carbons (Fsp3) is 0.211. The number of aryl methyl sites for hydroxylation is 2. The Morgan fingerprint density at radius 1 is 1.18 bits per heavy atom. The zero-order valence-electron chi connectivity index (χ0n) is 15.5. The number of anilines is 1. The molecule has 0 fully saturated rings. The normalized spacial score (nSPS) is 11.1. The van der Waals surface area contributed by atoms with Crippen LogP contribution in [-0.2, 0) is 13.0 Å². The molecule has 0 amide bonds. The van der Waals surface area contributed by atoms with E-state index in [0.29, 0.717) is 11.3 Å². The smallest absolute Gasteiger partial charge is 0.175 e. The van der Waals surface area contributed by atoms with Gasteiger partial charge in [0, 0.05) is 6.54 Å². The average molecular weight is 414 g/mol. The molecule has 0 unspecified atom stereocenters. The van der Waals surface area contributed by atoms with Gasteiger partial charge in [0.05, 0.1) is 19.1 Å². The number of thiophene rings is 1. The molecule has 144 valence electrons. The van der Waals surface area contributed by atoms with Crippen molar-refractivity contribution in [3.8, 4) is 11.5 Å². The lowest BCUT2D eigenvalue weighted by molar-refractivity contribution is 0.394. The molecule has 4 rings (SSSR count). The van der Waals surface area contributed by atoms with Gasteiger partial charge in [0.15, 0.2) is 22.1 Å². The van der Waals surface area contributed by atoms with Gasteiger partial charge in [-0.25, -0.2) is 15.0 Å². The predicted octanol–water partition coefficient (Wildman–Crippen LogP) is 3.88. The van der Waals surface area contributed by atoms with Crippen LogP contribution in [0.25, 0.3) is 11.2 Å². The van der Waals surface area contributed by atoms with Crippen LogP contribution in [0.15, 0.2) is 51.4 Å². The van der Waals surface area contributed by atoms with E-state index < -0.39 is 0 Å². The maximum Gasteiger partial charge on any atom is 0.175 e. The van der Waals surface area contributed by atoms with Gasteiger partial charge >= 0.3 is 0 Å². The highest BCUT2D eigenvalue weighted by Gasteiger charge is 2.18. The fourth-order valence-corrected chi connectivity index (χ4v) is 4.60. The van der Waals surface area contributed by atoms with Crippen LogP contribution in [0.3, 0.4) is 0 Å². The number of aromatic nitrogens is 4. The molecule has 0 aliphatic heterocycles. The molecule has 4 aromatic rings. The Bertz CT molecular complexity index is 1100. The number of methoxy groups -OCH3 is 2. The second-order valence-electron chi connectivity index (χ2n) is 5.98. The molecule has 0 radical (unpaired) electrons. The Hall–Kier alpha value is -2.78. The number of ether oxygens (including phenoxy) is 2. The zero-order valence-corrected chi connectivity index (χ0v) is 17.1. The van der Waals surface area contributed by atoms with E-state index in [1.165, 1.54) is 23.7 Å². The van der Waals surface area contributed by atoms with E-state index in [9.17, 15) is 0 Å². The number of hydrogen-bond donors (Lipinski definition) is 1. The van der Waals surface area contributed by atoms with Crippen molar-refractivity contribution in [2.45, 2.75) is 23.0 Å². The van der Waals surface area contributed by atoms with Gasteiger partial charge in [-0.05, 0) is 58.8 Å². The monoisotopic (exact) mass is 413 g/mol. The molecule has 0 bridgehead atoms. The second-order valence-corrected chi connectivity index (χ2v) is 7.77. The van der Waals surface area contributed by atoms with Gasteiger partial charge in [-0.15, -0.1) is 0 Å². The van der Waals surface area contributed by atoms with Crippen LogP contribution in [0.4, 0.5) is 5.82 Å². The Labute approximate surface area is 170 Å². The summed E-state index contributed by atoms with van der Waals surface area (Å²) in [6, 6.07) is 7.81. The van der Waals surface area contributed by atoms with E-state index in [1.54, 1.807) is 25.6 Å². The van der Waals surface area contributed by atoms with E-state index >= 15 is 0 Å². The first-order chi connectivity index (χ1) is 13.7. The maximum atomic E-state index is 6.05. The molecular formula is C19H19N5O2S2. The first-order valence-corrected chi connectivity index (χ1v) is 10.3. The Balaban J connectivity index is 1.75. The van der Waals surface area contributed by atoms with Gasteiger partial charge < -0.3 is 19.8 Å². The lowest BCUT2D eigenvalue weighted by Crippen LogP contribution is -2.04. The minimum Gasteiger partial charge on any atom is -0.497 e. The molecule has 0 aliphatic carbocycles. The molecule has 28 heavy (non-hydrogen) atoms. The van der Waals surface area contributed by atoms with Gasteiger partial charge in [-0.3, -0.25) is 0 Å². The van der Waals surface area contributed by atoms with Gasteiger partial charge in [0.2, 0.25) is 0 Å². The number of nitrogen functional groups attached to an aromatic ring is 1. The van der Waals surface area contributed by atoms with Crippen molar-refractivity contribution in [2.24, 2.45) is 0 Å². The lowest BCUT2D eigenvalue weighted by atomic mass is 10.2. The maximum absolute atomic E-state index is 6.05. The fourth-order valence-electron chi connectivity index (χ4n) is 2.85. The molecule has 7 nitrogen and oxygen atoms in total. The van der Waals surface area contributed by atoms with Gasteiger partial charge in [-0.1, -0.05) is 0 Å². The first-order valence-electron chi connectivity index (χ1n) is 8.57. The summed E-state index contributed by atoms with van der Waals surface area (Å²) in [5.74, 6) is 1.88. The number of rotatable bonds is 7. The van der Waals surface area contributed by atoms with E-state index in [-0.39, 0.29) is 0 Å². The number of benzene rings is 1. The van der Waals surface area contributed by atoms with Crippen LogP contribution in [0.1, 0.15) is 5.56 Å². The highest BCUT2D eigenvalue weighted by atomic mass is 32.2. The van der Waals surface area contributed by atoms with Crippen molar-refractivity contribution < 1.29 is 9.47 Å². The van der Waals surface area contributed by atoms with Crippen LogP contribution in [-0.4, -0.2) is 33.7 Å². The molecule has 1 aromatic carbocycles. The van der Waals surface area contributed by atoms with Crippen molar-refractivity contribution in [1.82, 2.24) is 19.5 Å². The molecule has 0 saturated heterocycles. The lowest BCUT2D eigenvalue weighted by Gasteiger charge is -2.11. The molecule has 3 aromatic heterocycles. The van der Waals surface area contributed by atoms with E-state index in [4.69, 9.17) is 20.2 Å². The van der Waals surface area contributed by atoms with E-state index in [1.807, 2.05) is 18.2 Å². The molecule has 0 saturated carbocycles. The van der Waals surface area contributed by atoms with Gasteiger partial charge in [-0.2, -0.15) is 11.3 Å². The summed E-state index contributed by atoms with van der Waals surface area (Å²) >= 11 is 3.19. The number of hydrogen-bond acceptors (Lipinski definition) is 8. The zero-order chi connectivity index (χ0) is 19.5. The summed E-state index contributed by atoms with van der Waals surface area (Å²) in [4.78, 5) is 14.1. The van der Waals surface area contributed by atoms with E-state index in [2.05, 4.69) is 31.4 Å². The van der Waals surface area contributed by atoms with Gasteiger partial charge in [0.1, 0.15) is 17.8 Å². The summed E-state index contributed by atoms with van der Waals surface area (Å²) in [7, 11) is 3.29. The summed E-state index contributed by atoms with van der Waals surface area (Å²) in [5.41, 5.74) is 8.66. The third-order valence-corrected chi connectivity index (χ3v) is 6.07. The Kier molecular flexibility index (Phi) is 5.36. The topological polar surface area (TPSA) is 88.1 Å². The second kappa shape index (κ2) is 8.07. The van der Waals surface area contributed by atoms with Crippen LogP contribution in [0, 0.1) is 0 Å². The quantitative estimate of drug-likeness (QED) is 0.492. The standard InChI is InChI=1S/C19H19N5O2S2/c1-25-13-3-4-14(26-2)15(9-13)28-19-23-16-17(20)21-11-22-18(16)24(19)7-5-12-6-8-27-10-12/h3-4,6,8-11H,5,7H2,1-2H3,(H2,20,21,22). The van der Waals surface area contributed by atoms with Crippen molar-refractivity contribution >= 4 is 40.1 Å². The number of fused-ring (bicyclic) bond motifs is 1. The number of nitrogens with two attached hydrogens (primary N) is 1. The highest BCUT2D eigenvalue weighted by Crippen LogP contribution is 2.38. The highest BCUT2D eigenvalue weighted by molar-refractivity contribution is 7.99. The molecule has 2 N–H and O–H groups in total. The Morgan fingerprint density at radius 3 is 2.82 bits per heavy atom. The van der Waals surface area contributed by atoms with Crippen LogP contribution < -0.4 is 15.2 Å². The molecule has 0 atom stereocenters. The summed E-state index contributed by atoms with van der Waals surface area (Å²) in [6.45, 7) is 0.734. The first kappa shape index (κ1) is 18.6. The van der Waals surface area contributed by atoms with Crippen LogP contribution in [0.5, 0.6) is 11.5 Å². The van der Waals surface area contributed by atoms with E-state index in [0.717, 1.165) is 40.2 Å². The molecule has 0 spiro atoms. The number of imidazole rings is 1. The molecule has 9 heteroatoms. The summed E-state index contributed by atoms with van der Waals surface area (Å²) in [5, 5.41) is 5.02. The number of nitrogens with zero attached hydrogens (tertiary/aromatic N) is 4. The molecule has 3 heterocycles. The largest absolute Gasteiger partial charge is 0.497 e. The summed E-state index contributed by atoms with van der Waals surface area (Å²) in [6.07, 6.45) is 2.35. The van der Waals surface area contributed by atoms with Crippen molar-refractivity contribution in [3.63, 3.8) is 0 Å². The summed E-state index contributed by atoms with van der Waals surface area (Å²) < 4.78 is 12.9. The van der Waals surface area contributed by atoms with Crippen LogP contribution >= 0.6 is 23.1 Å². The van der Waals surface area contributed by atoms with Crippen molar-refractivity contribution in [3.05, 3.63) is 46.9 Å². The molecular weight excluding hydrogens is 394 g/mol. The molecule has 0 aliphatic rings. The minimum absolute atomic E-state index is 0.374. The Morgan fingerprint density at radius 2 is 2.07 bits per heavy atom. The van der Waals surface area contributed by atoms with Crippen molar-refractivity contribution in [1.29, 1.82) is 0 Å². The van der Waals surface area contributed by atoms with Crippen molar-refractivity contribution in [2.75, 3.05) is 20.0 Å². The SMILES string of the molecule is COc1ccc(OC)c(Sc2nc3c(N)ncnc3n2CCc2ccsc2)c1. The minimum atomic E-state index is 0.374. The predicted molar refractivity (Wildman–Crippen MR) is 111 cm³/mol. The van der Waals surface area contributed by atoms with Gasteiger partial charge in [0.25, 0.3) is 0 Å². The van der Waals surface area contributed by atoms with Crippen LogP contribution in [0.2, 0.25) is 0 Å².